The molecule has 0 bridgehead atoms. The molecule has 0 radical (unpaired) electrons. The molecule has 0 spiro atoms. The topological polar surface area (TPSA) is 99.4 Å². The molecular weight excluding hydrogens is 530 g/mol. The summed E-state index contributed by atoms with van der Waals surface area (Å²) < 4.78 is 33.7. The summed E-state index contributed by atoms with van der Waals surface area (Å²) in [5.74, 6) is -0.367. The summed E-state index contributed by atoms with van der Waals surface area (Å²) in [5.41, 5.74) is 3.33. The molecule has 0 fully saturated rings. The molecule has 0 atom stereocenters. The quantitative estimate of drug-likeness (QED) is 0.216. The number of aromatic nitrogens is 2. The van der Waals surface area contributed by atoms with Gasteiger partial charge in [0.1, 0.15) is 5.82 Å². The van der Waals surface area contributed by atoms with Crippen LogP contribution in [0, 0.1) is 0 Å². The number of hydrogen-bond donors (Lipinski definition) is 2. The highest BCUT2D eigenvalue weighted by atomic mass is 19.3. The normalized spacial score (nSPS) is 12.1. The molecule has 218 valence electrons. The number of amides is 1. The molecule has 2 aromatic carbocycles. The second kappa shape index (κ2) is 14.2. The van der Waals surface area contributed by atoms with Gasteiger partial charge in [-0.15, -0.1) is 0 Å². The predicted molar refractivity (Wildman–Crippen MR) is 163 cm³/mol. The van der Waals surface area contributed by atoms with Gasteiger partial charge >= 0.3 is 6.61 Å². The van der Waals surface area contributed by atoms with Gasteiger partial charge in [-0.25, -0.2) is 4.99 Å². The van der Waals surface area contributed by atoms with Crippen LogP contribution in [0.3, 0.4) is 0 Å². The second-order valence-electron chi connectivity index (χ2n) is 9.22. The standard InChI is InChI=1S/C29H36F2N8O2/c1-8-28(40)36-22-15-23(26(41-29(30)31)17-25(22)38(6)13-12-37(5)9-2)35-27(33-4)16-21(32-3)19-10-11-24-20(14-19)18-34-39(24)7/h8,10-11,14-18,29,35H,1,4,9,12-13H2,2-3,5-7H3,(H,36,40)/b27-16+,32-21?. The number of rotatable bonds is 14. The molecular formula is C29H36F2N8O2. The highest BCUT2D eigenvalue weighted by molar-refractivity contribution is 6.11. The van der Waals surface area contributed by atoms with E-state index in [1.807, 2.05) is 44.1 Å². The van der Waals surface area contributed by atoms with Crippen molar-refractivity contribution in [2.45, 2.75) is 13.5 Å². The number of hydrogen-bond acceptors (Lipinski definition) is 8. The molecule has 3 rings (SSSR count). The Morgan fingerprint density at radius 3 is 2.59 bits per heavy atom. The highest BCUT2D eigenvalue weighted by Gasteiger charge is 2.19. The Kier molecular flexibility index (Phi) is 10.7. The minimum absolute atomic E-state index is 0.136. The number of alkyl halides is 2. The maximum atomic E-state index is 13.5. The molecule has 41 heavy (non-hydrogen) atoms. The lowest BCUT2D eigenvalue weighted by Crippen LogP contribution is -2.31. The van der Waals surface area contributed by atoms with Crippen molar-refractivity contribution in [2.75, 3.05) is 56.3 Å². The van der Waals surface area contributed by atoms with E-state index in [0.717, 1.165) is 29.1 Å². The summed E-state index contributed by atoms with van der Waals surface area (Å²) in [4.78, 5) is 24.6. The van der Waals surface area contributed by atoms with Gasteiger partial charge in [0.15, 0.2) is 5.75 Å². The van der Waals surface area contributed by atoms with E-state index >= 15 is 0 Å². The molecule has 1 aromatic heterocycles. The number of aryl methyl sites for hydroxylation is 1. The molecule has 2 N–H and O–H groups in total. The fraction of sp³-hybridized carbons (Fsp3) is 0.310. The predicted octanol–water partition coefficient (Wildman–Crippen LogP) is 4.76. The van der Waals surface area contributed by atoms with Crippen molar-refractivity contribution in [3.05, 3.63) is 66.6 Å². The van der Waals surface area contributed by atoms with Gasteiger partial charge in [0.05, 0.1) is 34.5 Å². The SMILES string of the molecule is C=CC(=O)Nc1cc(N/C(=C/C(=NC)c2ccc3c(cnn3C)c2)N=C)c(OC(F)F)cc1N(C)CCN(C)CC. The maximum Gasteiger partial charge on any atom is 0.387 e. The molecule has 1 heterocycles. The first-order valence-electron chi connectivity index (χ1n) is 12.9. The van der Waals surface area contributed by atoms with Crippen molar-refractivity contribution in [3.8, 4) is 5.75 Å². The smallest absolute Gasteiger partial charge is 0.387 e. The fourth-order valence-electron chi connectivity index (χ4n) is 4.05. The zero-order valence-electron chi connectivity index (χ0n) is 24.0. The number of nitrogens with zero attached hydrogens (tertiary/aromatic N) is 6. The average Bonchev–Trinajstić information content (AvgIpc) is 3.33. The van der Waals surface area contributed by atoms with Crippen LogP contribution in [-0.4, -0.2) is 80.4 Å². The lowest BCUT2D eigenvalue weighted by atomic mass is 10.1. The van der Waals surface area contributed by atoms with E-state index in [1.54, 1.807) is 31.1 Å². The molecule has 0 saturated heterocycles. The summed E-state index contributed by atoms with van der Waals surface area (Å²) in [7, 11) is 7.28. The number of carbonyl (C=O) groups is 1. The largest absolute Gasteiger partial charge is 0.433 e. The van der Waals surface area contributed by atoms with Gasteiger partial charge in [-0.3, -0.25) is 14.5 Å². The zero-order valence-corrected chi connectivity index (χ0v) is 24.0. The van der Waals surface area contributed by atoms with E-state index in [9.17, 15) is 13.6 Å². The number of fused-ring (bicyclic) bond motifs is 1. The van der Waals surface area contributed by atoms with E-state index in [0.29, 0.717) is 30.2 Å². The zero-order chi connectivity index (χ0) is 30.1. The third-order valence-electron chi connectivity index (χ3n) is 6.51. The summed E-state index contributed by atoms with van der Waals surface area (Å²) >= 11 is 0. The number of likely N-dealkylation sites (N-methyl/N-ethyl adjacent to an activating group) is 2. The molecule has 0 unspecified atom stereocenters. The first kappa shape index (κ1) is 31.0. The van der Waals surface area contributed by atoms with E-state index < -0.39 is 12.5 Å². The number of allylic oxidation sites excluding steroid dienone is 1. The van der Waals surface area contributed by atoms with E-state index in [-0.39, 0.29) is 17.3 Å². The minimum Gasteiger partial charge on any atom is -0.433 e. The second-order valence-corrected chi connectivity index (χ2v) is 9.22. The summed E-state index contributed by atoms with van der Waals surface area (Å²) in [6.45, 7) is 8.22. The third-order valence-corrected chi connectivity index (χ3v) is 6.51. The summed E-state index contributed by atoms with van der Waals surface area (Å²) in [5, 5.41) is 11.0. The van der Waals surface area contributed by atoms with Gasteiger partial charge in [-0.2, -0.15) is 13.9 Å². The number of halogens is 2. The van der Waals surface area contributed by atoms with Gasteiger partial charge in [-0.05, 0) is 44.6 Å². The van der Waals surface area contributed by atoms with Crippen molar-refractivity contribution in [2.24, 2.45) is 17.0 Å². The monoisotopic (exact) mass is 566 g/mol. The van der Waals surface area contributed by atoms with E-state index in [2.05, 4.69) is 43.9 Å². The van der Waals surface area contributed by atoms with Crippen molar-refractivity contribution in [1.82, 2.24) is 14.7 Å². The number of aliphatic imine (C=N–C) groups is 2. The fourth-order valence-corrected chi connectivity index (χ4v) is 4.05. The maximum absolute atomic E-state index is 13.5. The van der Waals surface area contributed by atoms with Crippen LogP contribution >= 0.6 is 0 Å². The van der Waals surface area contributed by atoms with Crippen molar-refractivity contribution >= 4 is 46.3 Å². The Labute approximate surface area is 238 Å². The van der Waals surface area contributed by atoms with Crippen molar-refractivity contribution in [1.29, 1.82) is 0 Å². The molecule has 0 aliphatic heterocycles. The van der Waals surface area contributed by atoms with Crippen molar-refractivity contribution < 1.29 is 18.3 Å². The summed E-state index contributed by atoms with van der Waals surface area (Å²) in [6, 6.07) is 8.74. The van der Waals surface area contributed by atoms with Gasteiger partial charge in [0, 0.05) is 57.3 Å². The number of nitrogens with one attached hydrogen (secondary N) is 2. The van der Waals surface area contributed by atoms with Crippen LogP contribution in [0.1, 0.15) is 12.5 Å². The van der Waals surface area contributed by atoms with Gasteiger partial charge in [0.25, 0.3) is 0 Å². The van der Waals surface area contributed by atoms with Gasteiger partial charge in [-0.1, -0.05) is 19.6 Å². The van der Waals surface area contributed by atoms with E-state index in [4.69, 9.17) is 4.74 Å². The number of benzene rings is 2. The molecule has 12 heteroatoms. The van der Waals surface area contributed by atoms with Crippen LogP contribution in [0.4, 0.5) is 25.8 Å². The van der Waals surface area contributed by atoms with Crippen LogP contribution in [0.5, 0.6) is 5.75 Å². The number of ether oxygens (including phenoxy) is 1. The van der Waals surface area contributed by atoms with E-state index in [1.165, 1.54) is 12.1 Å². The van der Waals surface area contributed by atoms with Crippen LogP contribution in [-0.2, 0) is 11.8 Å². The molecule has 3 aromatic rings. The molecule has 0 aliphatic carbocycles. The number of anilines is 3. The Morgan fingerprint density at radius 1 is 1.20 bits per heavy atom. The van der Waals surface area contributed by atoms with Crippen LogP contribution in [0.2, 0.25) is 0 Å². The van der Waals surface area contributed by atoms with Crippen LogP contribution in [0.15, 0.2) is 71.1 Å². The molecule has 10 nitrogen and oxygen atoms in total. The first-order valence-corrected chi connectivity index (χ1v) is 12.9. The lowest BCUT2D eigenvalue weighted by Gasteiger charge is -2.26. The highest BCUT2D eigenvalue weighted by Crippen LogP contribution is 2.38. The van der Waals surface area contributed by atoms with Gasteiger partial charge < -0.3 is 25.2 Å². The molecule has 0 aliphatic rings. The average molecular weight is 567 g/mol. The minimum atomic E-state index is -3.09. The number of carbonyl (C=O) groups excluding carboxylic acids is 1. The van der Waals surface area contributed by atoms with Crippen LogP contribution in [0.25, 0.3) is 10.9 Å². The Bertz CT molecular complexity index is 1460. The first-order chi connectivity index (χ1) is 19.6. The summed E-state index contributed by atoms with van der Waals surface area (Å²) in [6.07, 6.45) is 4.52. The third kappa shape index (κ3) is 7.98. The Balaban J connectivity index is 2.03. The Hall–Kier alpha value is -4.58. The lowest BCUT2D eigenvalue weighted by molar-refractivity contribution is -0.111. The molecule has 1 amide bonds. The Morgan fingerprint density at radius 2 is 1.95 bits per heavy atom. The van der Waals surface area contributed by atoms with Crippen LogP contribution < -0.4 is 20.3 Å². The van der Waals surface area contributed by atoms with Gasteiger partial charge in [0.2, 0.25) is 5.91 Å². The van der Waals surface area contributed by atoms with Crippen molar-refractivity contribution in [3.63, 3.8) is 0 Å². The molecule has 0 saturated carbocycles.